The molecule has 1 amide bonds. The molecule has 0 aliphatic rings. The number of rotatable bonds is 5. The van der Waals surface area contributed by atoms with Gasteiger partial charge in [0.2, 0.25) is 0 Å². The topological polar surface area (TPSA) is 112 Å². The van der Waals surface area contributed by atoms with E-state index < -0.39 is 15.7 Å². The molecule has 0 fully saturated rings. The highest BCUT2D eigenvalue weighted by molar-refractivity contribution is 7.90. The number of hydrogen-bond acceptors (Lipinski definition) is 6. The van der Waals surface area contributed by atoms with Gasteiger partial charge in [-0.1, -0.05) is 0 Å². The van der Waals surface area contributed by atoms with Gasteiger partial charge in [-0.25, -0.2) is 14.3 Å². The molecule has 0 bridgehead atoms. The molecule has 0 radical (unpaired) electrons. The van der Waals surface area contributed by atoms with Crippen LogP contribution in [-0.2, 0) is 16.4 Å². The van der Waals surface area contributed by atoms with Crippen molar-refractivity contribution in [3.63, 3.8) is 0 Å². The van der Waals surface area contributed by atoms with Crippen molar-refractivity contribution in [2.24, 2.45) is 5.84 Å². The van der Waals surface area contributed by atoms with E-state index in [1.165, 1.54) is 36.6 Å². The second-order valence-corrected chi connectivity index (χ2v) is 6.28. The lowest BCUT2D eigenvalue weighted by Crippen LogP contribution is -2.30. The van der Waals surface area contributed by atoms with Crippen molar-refractivity contribution in [2.75, 3.05) is 6.26 Å². The Morgan fingerprint density at radius 3 is 2.52 bits per heavy atom. The number of nitrogens with two attached hydrogens (primary N) is 1. The van der Waals surface area contributed by atoms with Crippen molar-refractivity contribution in [2.45, 2.75) is 11.5 Å². The predicted octanol–water partition coefficient (Wildman–Crippen LogP) is 0.866. The molecule has 0 spiro atoms. The fraction of sp³-hybridized carbons (Fsp3) is 0.154. The molecule has 1 aromatic heterocycles. The Hall–Kier alpha value is -2.32. The van der Waals surface area contributed by atoms with Crippen LogP contribution in [0.1, 0.15) is 16.1 Å². The maximum atomic E-state index is 11.4. The van der Waals surface area contributed by atoms with Crippen molar-refractivity contribution in [1.29, 1.82) is 0 Å². The second kappa shape index (κ2) is 5.98. The van der Waals surface area contributed by atoms with Crippen LogP contribution in [0.2, 0.25) is 0 Å². The molecule has 1 aromatic carbocycles. The summed E-state index contributed by atoms with van der Waals surface area (Å²) in [4.78, 5) is 11.6. The largest absolute Gasteiger partial charge is 0.486 e. The van der Waals surface area contributed by atoms with Gasteiger partial charge in [0, 0.05) is 6.26 Å². The van der Waals surface area contributed by atoms with Crippen LogP contribution in [0.5, 0.6) is 5.75 Å². The number of hydrogen-bond donors (Lipinski definition) is 2. The van der Waals surface area contributed by atoms with Crippen molar-refractivity contribution < 1.29 is 22.4 Å². The minimum absolute atomic E-state index is 0.0218. The zero-order chi connectivity index (χ0) is 15.5. The molecule has 0 aliphatic carbocycles. The molecular formula is C13H14N2O5S. The van der Waals surface area contributed by atoms with Gasteiger partial charge in [0.25, 0.3) is 5.91 Å². The third-order valence-electron chi connectivity index (χ3n) is 2.74. The zero-order valence-electron chi connectivity index (χ0n) is 11.2. The van der Waals surface area contributed by atoms with Crippen molar-refractivity contribution in [3.8, 4) is 5.75 Å². The molecule has 0 atom stereocenters. The van der Waals surface area contributed by atoms with Crippen LogP contribution < -0.4 is 16.0 Å². The maximum absolute atomic E-state index is 11.4. The molecular weight excluding hydrogens is 296 g/mol. The summed E-state index contributed by atoms with van der Waals surface area (Å²) in [5.41, 5.74) is 2.29. The SMILES string of the molecule is CS(=O)(=O)c1ccc(OCc2occc2C(=O)NN)cc1. The van der Waals surface area contributed by atoms with E-state index in [9.17, 15) is 13.2 Å². The van der Waals surface area contributed by atoms with Crippen molar-refractivity contribution in [1.82, 2.24) is 5.43 Å². The van der Waals surface area contributed by atoms with Crippen LogP contribution in [0.4, 0.5) is 0 Å². The van der Waals surface area contributed by atoms with E-state index in [1.54, 1.807) is 0 Å². The fourth-order valence-electron chi connectivity index (χ4n) is 1.66. The molecule has 21 heavy (non-hydrogen) atoms. The van der Waals surface area contributed by atoms with Gasteiger partial charge in [0.15, 0.2) is 15.6 Å². The van der Waals surface area contributed by atoms with E-state index in [2.05, 4.69) is 0 Å². The average molecular weight is 310 g/mol. The Bertz CT molecular complexity index is 734. The first-order valence-electron chi connectivity index (χ1n) is 5.92. The first-order chi connectivity index (χ1) is 9.91. The quantitative estimate of drug-likeness (QED) is 0.481. The molecule has 0 unspecified atom stereocenters. The summed E-state index contributed by atoms with van der Waals surface area (Å²) in [6, 6.07) is 7.43. The minimum atomic E-state index is -3.24. The number of furan rings is 1. The molecule has 2 aromatic rings. The van der Waals surface area contributed by atoms with Crippen LogP contribution in [-0.4, -0.2) is 20.6 Å². The van der Waals surface area contributed by atoms with Crippen LogP contribution in [0, 0.1) is 0 Å². The van der Waals surface area contributed by atoms with Gasteiger partial charge in [-0.05, 0) is 30.3 Å². The third-order valence-corrected chi connectivity index (χ3v) is 3.87. The van der Waals surface area contributed by atoms with Gasteiger partial charge in [0.05, 0.1) is 16.7 Å². The highest BCUT2D eigenvalue weighted by Crippen LogP contribution is 2.18. The summed E-state index contributed by atoms with van der Waals surface area (Å²) >= 11 is 0. The first kappa shape index (κ1) is 15.1. The van der Waals surface area contributed by atoms with Crippen molar-refractivity contribution >= 4 is 15.7 Å². The van der Waals surface area contributed by atoms with Crippen LogP contribution in [0.15, 0.2) is 45.9 Å². The van der Waals surface area contributed by atoms with Gasteiger partial charge < -0.3 is 9.15 Å². The summed E-state index contributed by atoms with van der Waals surface area (Å²) in [6.45, 7) is 0.0218. The first-order valence-corrected chi connectivity index (χ1v) is 7.81. The number of hydrazine groups is 1. The molecule has 0 aliphatic heterocycles. The molecule has 0 saturated heterocycles. The normalized spacial score (nSPS) is 11.1. The molecule has 8 heteroatoms. The van der Waals surface area contributed by atoms with Gasteiger partial charge in [-0.15, -0.1) is 0 Å². The number of benzene rings is 1. The highest BCUT2D eigenvalue weighted by Gasteiger charge is 2.14. The van der Waals surface area contributed by atoms with E-state index in [4.69, 9.17) is 15.0 Å². The fourth-order valence-corrected chi connectivity index (χ4v) is 2.29. The summed E-state index contributed by atoms with van der Waals surface area (Å²) in [5.74, 6) is 5.36. The summed E-state index contributed by atoms with van der Waals surface area (Å²) < 4.78 is 33.3. The lowest BCUT2D eigenvalue weighted by molar-refractivity contribution is 0.0949. The number of nitrogens with one attached hydrogen (secondary N) is 1. The van der Waals surface area contributed by atoms with E-state index in [1.807, 2.05) is 5.43 Å². The molecule has 112 valence electrons. The van der Waals surface area contributed by atoms with E-state index in [0.717, 1.165) is 6.26 Å². The van der Waals surface area contributed by atoms with Crippen LogP contribution in [0.25, 0.3) is 0 Å². The highest BCUT2D eigenvalue weighted by atomic mass is 32.2. The van der Waals surface area contributed by atoms with Crippen LogP contribution in [0.3, 0.4) is 0 Å². The number of ether oxygens (including phenoxy) is 1. The Morgan fingerprint density at radius 1 is 1.29 bits per heavy atom. The van der Waals surface area contributed by atoms with E-state index >= 15 is 0 Å². The van der Waals surface area contributed by atoms with Crippen molar-refractivity contribution in [3.05, 3.63) is 47.9 Å². The predicted molar refractivity (Wildman–Crippen MR) is 74.2 cm³/mol. The number of carbonyl (C=O) groups excluding carboxylic acids is 1. The zero-order valence-corrected chi connectivity index (χ0v) is 12.0. The lowest BCUT2D eigenvalue weighted by Gasteiger charge is -2.06. The number of nitrogen functional groups attached to an aromatic ring is 1. The van der Waals surface area contributed by atoms with E-state index in [0.29, 0.717) is 11.5 Å². The minimum Gasteiger partial charge on any atom is -0.486 e. The van der Waals surface area contributed by atoms with Gasteiger partial charge in [-0.2, -0.15) is 0 Å². The number of sulfone groups is 1. The number of carbonyl (C=O) groups is 1. The standard InChI is InChI=1S/C13H14N2O5S/c1-21(17,18)10-4-2-9(3-5-10)20-8-12-11(6-7-19-12)13(16)15-14/h2-7H,8,14H2,1H3,(H,15,16). The molecule has 2 rings (SSSR count). The Kier molecular flexibility index (Phi) is 4.29. The molecule has 0 saturated carbocycles. The monoisotopic (exact) mass is 310 g/mol. The van der Waals surface area contributed by atoms with E-state index in [-0.39, 0.29) is 17.1 Å². The molecule has 1 heterocycles. The molecule has 7 nitrogen and oxygen atoms in total. The third kappa shape index (κ3) is 3.61. The molecule has 3 N–H and O–H groups in total. The Morgan fingerprint density at radius 2 is 1.95 bits per heavy atom. The smallest absolute Gasteiger partial charge is 0.268 e. The Labute approximate surface area is 121 Å². The summed E-state index contributed by atoms with van der Waals surface area (Å²) in [5, 5.41) is 0. The summed E-state index contributed by atoms with van der Waals surface area (Å²) in [6.07, 6.45) is 2.49. The van der Waals surface area contributed by atoms with Crippen LogP contribution >= 0.6 is 0 Å². The average Bonchev–Trinajstić information content (AvgIpc) is 2.92. The summed E-state index contributed by atoms with van der Waals surface area (Å²) in [7, 11) is -3.24. The number of amides is 1. The van der Waals surface area contributed by atoms with Gasteiger partial charge in [0.1, 0.15) is 12.4 Å². The van der Waals surface area contributed by atoms with Gasteiger partial charge >= 0.3 is 0 Å². The lowest BCUT2D eigenvalue weighted by atomic mass is 10.2. The second-order valence-electron chi connectivity index (χ2n) is 4.26. The van der Waals surface area contributed by atoms with Gasteiger partial charge in [-0.3, -0.25) is 10.2 Å². The maximum Gasteiger partial charge on any atom is 0.268 e. The Balaban J connectivity index is 2.07.